The number of ether oxygens (including phenoxy) is 1. The molecule has 0 saturated heterocycles. The van der Waals surface area contributed by atoms with Crippen LogP contribution in [0.5, 0.6) is 0 Å². The molecule has 68 valence electrons. The molecule has 3 heteroatoms. The van der Waals surface area contributed by atoms with Crippen molar-refractivity contribution in [2.24, 2.45) is 29.4 Å². The molecule has 2 fully saturated rings. The van der Waals surface area contributed by atoms with Crippen LogP contribution in [0.1, 0.15) is 12.8 Å². The van der Waals surface area contributed by atoms with Gasteiger partial charge in [0, 0.05) is 0 Å². The number of carbonyl (C=O) groups excluding carboxylic acids is 1. The second-order valence-electron chi connectivity index (χ2n) is 3.85. The van der Waals surface area contributed by atoms with E-state index in [0.29, 0.717) is 18.4 Å². The molecule has 0 radical (unpaired) electrons. The molecule has 0 unspecified atom stereocenters. The average Bonchev–Trinajstić information content (AvgIpc) is 2.06. The van der Waals surface area contributed by atoms with Gasteiger partial charge in [0.15, 0.2) is 0 Å². The molecule has 0 heterocycles. The van der Waals surface area contributed by atoms with Crippen LogP contribution >= 0.6 is 0 Å². The monoisotopic (exact) mass is 169 g/mol. The summed E-state index contributed by atoms with van der Waals surface area (Å²) in [5, 5.41) is 0. The van der Waals surface area contributed by atoms with Crippen molar-refractivity contribution in [1.82, 2.24) is 0 Å². The Balaban J connectivity index is 2.01. The fourth-order valence-electron chi connectivity index (χ4n) is 2.77. The highest BCUT2D eigenvalue weighted by Gasteiger charge is 2.57. The summed E-state index contributed by atoms with van der Waals surface area (Å²) >= 11 is 0. The zero-order valence-corrected chi connectivity index (χ0v) is 7.32. The first kappa shape index (κ1) is 8.05. The minimum atomic E-state index is -0.0496. The maximum absolute atomic E-state index is 11.3. The highest BCUT2D eigenvalue weighted by atomic mass is 16.5. The second kappa shape index (κ2) is 2.73. The number of methoxy groups -OCH3 is 1. The molecule has 0 amide bonds. The summed E-state index contributed by atoms with van der Waals surface area (Å²) < 4.78 is 4.74. The third-order valence-corrected chi connectivity index (χ3v) is 3.60. The van der Waals surface area contributed by atoms with Crippen LogP contribution in [0, 0.1) is 23.7 Å². The SMILES string of the molecule is COC(=O)[C@@H]1[C@H](CN)[C@H]2CC[C@H]21. The fraction of sp³-hybridized carbons (Fsp3) is 0.889. The molecule has 0 aromatic rings. The highest BCUT2D eigenvalue weighted by molar-refractivity contribution is 5.74. The lowest BCUT2D eigenvalue weighted by Gasteiger charge is -2.57. The largest absolute Gasteiger partial charge is 0.469 e. The van der Waals surface area contributed by atoms with Crippen LogP contribution in [-0.2, 0) is 9.53 Å². The van der Waals surface area contributed by atoms with Crippen LogP contribution in [0.25, 0.3) is 0 Å². The Hall–Kier alpha value is -0.570. The number of esters is 1. The van der Waals surface area contributed by atoms with E-state index in [1.165, 1.54) is 20.0 Å². The number of nitrogens with two attached hydrogens (primary N) is 1. The molecule has 0 bridgehead atoms. The van der Waals surface area contributed by atoms with Crippen LogP contribution in [0.15, 0.2) is 0 Å². The number of hydrogen-bond donors (Lipinski definition) is 1. The molecule has 2 aliphatic carbocycles. The van der Waals surface area contributed by atoms with Gasteiger partial charge in [0.25, 0.3) is 0 Å². The van der Waals surface area contributed by atoms with E-state index >= 15 is 0 Å². The van der Waals surface area contributed by atoms with E-state index in [4.69, 9.17) is 10.5 Å². The number of hydrogen-bond acceptors (Lipinski definition) is 3. The van der Waals surface area contributed by atoms with Crippen molar-refractivity contribution >= 4 is 5.97 Å². The lowest BCUT2D eigenvalue weighted by molar-refractivity contribution is -0.174. The number of carbonyl (C=O) groups is 1. The van der Waals surface area contributed by atoms with Gasteiger partial charge >= 0.3 is 5.97 Å². The molecule has 2 aliphatic rings. The van der Waals surface area contributed by atoms with E-state index in [-0.39, 0.29) is 11.9 Å². The van der Waals surface area contributed by atoms with Gasteiger partial charge in [-0.05, 0) is 37.1 Å². The predicted molar refractivity (Wildman–Crippen MR) is 44.3 cm³/mol. The van der Waals surface area contributed by atoms with Gasteiger partial charge in [-0.15, -0.1) is 0 Å². The third kappa shape index (κ3) is 0.829. The topological polar surface area (TPSA) is 52.3 Å². The van der Waals surface area contributed by atoms with E-state index in [1.807, 2.05) is 0 Å². The lowest BCUT2D eigenvalue weighted by Crippen LogP contribution is -2.58. The Morgan fingerprint density at radius 3 is 2.58 bits per heavy atom. The van der Waals surface area contributed by atoms with Crippen molar-refractivity contribution in [3.63, 3.8) is 0 Å². The van der Waals surface area contributed by atoms with Gasteiger partial charge in [0.05, 0.1) is 13.0 Å². The molecule has 3 nitrogen and oxygen atoms in total. The van der Waals surface area contributed by atoms with Crippen LogP contribution < -0.4 is 5.73 Å². The van der Waals surface area contributed by atoms with Crippen LogP contribution in [0.2, 0.25) is 0 Å². The average molecular weight is 169 g/mol. The Morgan fingerprint density at radius 1 is 1.50 bits per heavy atom. The van der Waals surface area contributed by atoms with Crippen LogP contribution in [-0.4, -0.2) is 19.6 Å². The maximum atomic E-state index is 11.3. The predicted octanol–water partition coefficient (Wildman–Crippen LogP) is 0.390. The molecule has 4 atom stereocenters. The number of fused-ring (bicyclic) bond motifs is 1. The zero-order chi connectivity index (χ0) is 8.72. The van der Waals surface area contributed by atoms with Crippen molar-refractivity contribution in [3.8, 4) is 0 Å². The third-order valence-electron chi connectivity index (χ3n) is 3.60. The quantitative estimate of drug-likeness (QED) is 0.608. The van der Waals surface area contributed by atoms with Gasteiger partial charge in [-0.25, -0.2) is 0 Å². The van der Waals surface area contributed by atoms with Gasteiger partial charge in [0.1, 0.15) is 0 Å². The molecular weight excluding hydrogens is 154 g/mol. The Bertz CT molecular complexity index is 205. The summed E-state index contributed by atoms with van der Waals surface area (Å²) in [7, 11) is 1.46. The molecule has 0 aliphatic heterocycles. The zero-order valence-electron chi connectivity index (χ0n) is 7.32. The minimum Gasteiger partial charge on any atom is -0.469 e. The van der Waals surface area contributed by atoms with Gasteiger partial charge in [-0.3, -0.25) is 4.79 Å². The first-order valence-corrected chi connectivity index (χ1v) is 4.57. The van der Waals surface area contributed by atoms with Crippen molar-refractivity contribution in [3.05, 3.63) is 0 Å². The van der Waals surface area contributed by atoms with E-state index in [2.05, 4.69) is 0 Å². The lowest BCUT2D eigenvalue weighted by atomic mass is 9.47. The van der Waals surface area contributed by atoms with Crippen molar-refractivity contribution in [1.29, 1.82) is 0 Å². The van der Waals surface area contributed by atoms with Gasteiger partial charge in [-0.1, -0.05) is 0 Å². The summed E-state index contributed by atoms with van der Waals surface area (Å²) in [6, 6.07) is 0. The standard InChI is InChI=1S/C9H15NO2/c1-12-9(11)8-6-3-2-5(6)7(8)4-10/h5-8H,2-4,10H2,1H3/t5-,6+,7+,8-/m0/s1. The van der Waals surface area contributed by atoms with E-state index in [9.17, 15) is 4.79 Å². The smallest absolute Gasteiger partial charge is 0.309 e. The van der Waals surface area contributed by atoms with Crippen molar-refractivity contribution in [2.75, 3.05) is 13.7 Å². The Labute approximate surface area is 72.3 Å². The molecule has 0 spiro atoms. The highest BCUT2D eigenvalue weighted by Crippen LogP contribution is 2.58. The Kier molecular flexibility index (Phi) is 1.83. The fourth-order valence-corrected chi connectivity index (χ4v) is 2.77. The first-order valence-electron chi connectivity index (χ1n) is 4.57. The van der Waals surface area contributed by atoms with E-state index < -0.39 is 0 Å². The number of rotatable bonds is 2. The molecule has 0 aromatic carbocycles. The van der Waals surface area contributed by atoms with Crippen LogP contribution in [0.4, 0.5) is 0 Å². The first-order chi connectivity index (χ1) is 5.79. The Morgan fingerprint density at radius 2 is 2.17 bits per heavy atom. The molecule has 2 rings (SSSR count). The normalized spacial score (nSPS) is 43.8. The summed E-state index contributed by atoms with van der Waals surface area (Å²) in [6.07, 6.45) is 2.46. The van der Waals surface area contributed by atoms with Crippen LogP contribution in [0.3, 0.4) is 0 Å². The van der Waals surface area contributed by atoms with E-state index in [1.54, 1.807) is 0 Å². The van der Waals surface area contributed by atoms with Gasteiger partial charge in [-0.2, -0.15) is 0 Å². The van der Waals surface area contributed by atoms with Crippen molar-refractivity contribution in [2.45, 2.75) is 12.8 Å². The second-order valence-corrected chi connectivity index (χ2v) is 3.85. The molecule has 2 saturated carbocycles. The summed E-state index contributed by atoms with van der Waals surface area (Å²) in [5.41, 5.74) is 5.60. The van der Waals surface area contributed by atoms with Crippen molar-refractivity contribution < 1.29 is 9.53 Å². The summed E-state index contributed by atoms with van der Waals surface area (Å²) in [6.45, 7) is 0.640. The molecule has 12 heavy (non-hydrogen) atoms. The molecular formula is C9H15NO2. The summed E-state index contributed by atoms with van der Waals surface area (Å²) in [5.74, 6) is 1.83. The maximum Gasteiger partial charge on any atom is 0.309 e. The minimum absolute atomic E-state index is 0.0496. The molecule has 0 aromatic heterocycles. The molecule has 2 N–H and O–H groups in total. The summed E-state index contributed by atoms with van der Waals surface area (Å²) in [4.78, 5) is 11.3. The van der Waals surface area contributed by atoms with E-state index in [0.717, 1.165) is 5.92 Å². The van der Waals surface area contributed by atoms with Gasteiger partial charge in [0.2, 0.25) is 0 Å². The van der Waals surface area contributed by atoms with Gasteiger partial charge < -0.3 is 10.5 Å².